The van der Waals surface area contributed by atoms with Gasteiger partial charge in [0.25, 0.3) is 5.69 Å². The van der Waals surface area contributed by atoms with E-state index in [4.69, 9.17) is 14.6 Å². The lowest BCUT2D eigenvalue weighted by molar-refractivity contribution is -0.384. The molecule has 1 aromatic carbocycles. The van der Waals surface area contributed by atoms with Gasteiger partial charge in [0.15, 0.2) is 0 Å². The Balaban J connectivity index is 0.000000754. The van der Waals surface area contributed by atoms with Crippen LogP contribution in [-0.2, 0) is 4.74 Å². The maximum atomic E-state index is 11.4. The van der Waals surface area contributed by atoms with Gasteiger partial charge in [-0.2, -0.15) is 0 Å². The molecule has 1 rings (SSSR count). The van der Waals surface area contributed by atoms with Crippen molar-refractivity contribution in [2.75, 3.05) is 0 Å². The first-order valence-electron chi connectivity index (χ1n) is 8.18. The highest BCUT2D eigenvalue weighted by molar-refractivity contribution is 5.64. The minimum Gasteiger partial charge on any atom is -0.431 e. The van der Waals surface area contributed by atoms with Gasteiger partial charge in [0.05, 0.1) is 11.0 Å². The average Bonchev–Trinajstić information content (AvgIpc) is 2.59. The highest BCUT2D eigenvalue weighted by Gasteiger charge is 2.13. The van der Waals surface area contributed by atoms with Crippen LogP contribution in [0.3, 0.4) is 0 Å². The van der Waals surface area contributed by atoms with Crippen molar-refractivity contribution in [3.63, 3.8) is 0 Å². The summed E-state index contributed by atoms with van der Waals surface area (Å²) in [6, 6.07) is 5.23. The highest BCUT2D eigenvalue weighted by Crippen LogP contribution is 2.18. The summed E-state index contributed by atoms with van der Waals surface area (Å²) in [6.45, 7) is 7.78. The van der Waals surface area contributed by atoms with Gasteiger partial charge < -0.3 is 14.6 Å². The fourth-order valence-electron chi connectivity index (χ4n) is 1.64. The fraction of sp³-hybridized carbons (Fsp3) is 0.588. The number of aliphatic hydroxyl groups excluding tert-OH is 1. The predicted molar refractivity (Wildman–Crippen MR) is 91.2 cm³/mol. The van der Waals surface area contributed by atoms with Gasteiger partial charge >= 0.3 is 6.16 Å². The van der Waals surface area contributed by atoms with Crippen LogP contribution >= 0.6 is 0 Å². The van der Waals surface area contributed by atoms with Crippen LogP contribution in [0.25, 0.3) is 0 Å². The van der Waals surface area contributed by atoms with Crippen LogP contribution in [-0.4, -0.2) is 28.4 Å². The van der Waals surface area contributed by atoms with Crippen LogP contribution in [0.1, 0.15) is 53.4 Å². The first-order chi connectivity index (χ1) is 11.4. The molecular formula is C17H27NO6. The molecule has 0 heterocycles. The number of carbonyl (C=O) groups excluding carboxylic acids is 1. The van der Waals surface area contributed by atoms with E-state index in [-0.39, 0.29) is 23.6 Å². The first-order valence-corrected chi connectivity index (χ1v) is 8.18. The number of aliphatic hydroxyl groups is 1. The molecule has 0 fully saturated rings. The smallest absolute Gasteiger partial charge is 0.431 e. The minimum absolute atomic E-state index is 0.0595. The summed E-state index contributed by atoms with van der Waals surface area (Å²) in [5.41, 5.74) is -0.0595. The summed E-state index contributed by atoms with van der Waals surface area (Å²) in [6.07, 6.45) is 2.17. The van der Waals surface area contributed by atoms with E-state index >= 15 is 0 Å². The molecule has 136 valence electrons. The molecule has 0 atom stereocenters. The summed E-state index contributed by atoms with van der Waals surface area (Å²) in [4.78, 5) is 21.3. The largest absolute Gasteiger partial charge is 0.514 e. The normalized spacial score (nSPS) is 10.1. The first kappa shape index (κ1) is 21.9. The summed E-state index contributed by atoms with van der Waals surface area (Å²) >= 11 is 0. The Hall–Kier alpha value is -2.15. The standard InChI is InChI=1S/C12H15NO5.C5H12O/c1-3-10(4-2)17-12(14)18-11-7-5-9(6-8-11)13(15)16;1-3-5(6)4-2/h5-8,10H,3-4H2,1-2H3;5-6H,3-4H2,1-2H3. The van der Waals surface area contributed by atoms with Gasteiger partial charge in [-0.3, -0.25) is 10.1 Å². The van der Waals surface area contributed by atoms with Gasteiger partial charge in [-0.1, -0.05) is 27.7 Å². The SMILES string of the molecule is CCC(CC)OC(=O)Oc1ccc([N+](=O)[O-])cc1.CCC(O)CC. The number of nitro benzene ring substituents is 1. The van der Waals surface area contributed by atoms with Crippen LogP contribution in [0.5, 0.6) is 5.75 Å². The second kappa shape index (κ2) is 12.3. The summed E-state index contributed by atoms with van der Waals surface area (Å²) in [7, 11) is 0. The van der Waals surface area contributed by atoms with Crippen LogP contribution in [0.2, 0.25) is 0 Å². The van der Waals surface area contributed by atoms with E-state index < -0.39 is 11.1 Å². The molecule has 24 heavy (non-hydrogen) atoms. The van der Waals surface area contributed by atoms with Crippen molar-refractivity contribution < 1.29 is 24.3 Å². The van der Waals surface area contributed by atoms with Crippen LogP contribution in [0.15, 0.2) is 24.3 Å². The van der Waals surface area contributed by atoms with E-state index in [1.54, 1.807) is 0 Å². The summed E-state index contributed by atoms with van der Waals surface area (Å²) in [5.74, 6) is 0.219. The molecule has 0 spiro atoms. The number of ether oxygens (including phenoxy) is 2. The number of hydrogen-bond donors (Lipinski definition) is 1. The molecular weight excluding hydrogens is 314 g/mol. The lowest BCUT2D eigenvalue weighted by Crippen LogP contribution is -2.19. The Bertz CT molecular complexity index is 480. The quantitative estimate of drug-likeness (QED) is 0.340. The van der Waals surface area contributed by atoms with Gasteiger partial charge in [-0.15, -0.1) is 0 Å². The van der Waals surface area contributed by atoms with Crippen molar-refractivity contribution in [3.05, 3.63) is 34.4 Å². The van der Waals surface area contributed by atoms with Crippen molar-refractivity contribution in [1.82, 2.24) is 0 Å². The maximum Gasteiger partial charge on any atom is 0.514 e. The third kappa shape index (κ3) is 9.09. The topological polar surface area (TPSA) is 98.9 Å². The Kier molecular flexibility index (Phi) is 11.2. The van der Waals surface area contributed by atoms with Crippen LogP contribution < -0.4 is 4.74 Å². The Morgan fingerprint density at radius 2 is 1.58 bits per heavy atom. The average molecular weight is 341 g/mol. The maximum absolute atomic E-state index is 11.4. The molecule has 0 aliphatic heterocycles. The van der Waals surface area contributed by atoms with Gasteiger partial charge in [-0.25, -0.2) is 4.79 Å². The number of hydrogen-bond acceptors (Lipinski definition) is 6. The van der Waals surface area contributed by atoms with Crippen molar-refractivity contribution in [1.29, 1.82) is 0 Å². The number of carbonyl (C=O) groups is 1. The second-order valence-corrected chi connectivity index (χ2v) is 5.13. The van der Waals surface area contributed by atoms with Gasteiger partial charge in [0, 0.05) is 12.1 Å². The molecule has 0 aliphatic carbocycles. The number of nitro groups is 1. The predicted octanol–water partition coefficient (Wildman–Crippen LogP) is 4.47. The number of non-ortho nitro benzene ring substituents is 1. The molecule has 0 aliphatic rings. The molecule has 0 bridgehead atoms. The highest BCUT2D eigenvalue weighted by atomic mass is 16.7. The number of nitrogens with zero attached hydrogens (tertiary/aromatic N) is 1. The number of benzene rings is 1. The monoisotopic (exact) mass is 341 g/mol. The van der Waals surface area contributed by atoms with E-state index in [2.05, 4.69) is 0 Å². The van der Waals surface area contributed by atoms with Gasteiger partial charge in [0.2, 0.25) is 0 Å². The molecule has 7 nitrogen and oxygen atoms in total. The fourth-order valence-corrected chi connectivity index (χ4v) is 1.64. The Labute approximate surface area is 142 Å². The van der Waals surface area contributed by atoms with E-state index in [0.717, 1.165) is 12.8 Å². The molecule has 1 N–H and O–H groups in total. The van der Waals surface area contributed by atoms with Crippen molar-refractivity contribution in [3.8, 4) is 5.75 Å². The van der Waals surface area contributed by atoms with E-state index in [0.29, 0.717) is 12.8 Å². The van der Waals surface area contributed by atoms with Crippen molar-refractivity contribution >= 4 is 11.8 Å². The molecule has 0 saturated heterocycles. The number of rotatable bonds is 7. The summed E-state index contributed by atoms with van der Waals surface area (Å²) in [5, 5.41) is 19.1. The van der Waals surface area contributed by atoms with Crippen LogP contribution in [0.4, 0.5) is 10.5 Å². The zero-order chi connectivity index (χ0) is 18.5. The Morgan fingerprint density at radius 1 is 1.08 bits per heavy atom. The van der Waals surface area contributed by atoms with E-state index in [1.165, 1.54) is 24.3 Å². The molecule has 0 radical (unpaired) electrons. The van der Waals surface area contributed by atoms with Gasteiger partial charge in [-0.05, 0) is 37.8 Å². The zero-order valence-electron chi connectivity index (χ0n) is 14.7. The van der Waals surface area contributed by atoms with Crippen molar-refractivity contribution in [2.24, 2.45) is 0 Å². The Morgan fingerprint density at radius 3 is 1.92 bits per heavy atom. The lowest BCUT2D eigenvalue weighted by atomic mass is 10.2. The molecule has 0 unspecified atom stereocenters. The third-order valence-electron chi connectivity index (χ3n) is 3.36. The minimum atomic E-state index is -0.794. The molecule has 0 saturated carbocycles. The van der Waals surface area contributed by atoms with E-state index in [1.807, 2.05) is 27.7 Å². The van der Waals surface area contributed by atoms with Gasteiger partial charge in [0.1, 0.15) is 11.9 Å². The molecule has 7 heteroatoms. The second-order valence-electron chi connectivity index (χ2n) is 5.13. The lowest BCUT2D eigenvalue weighted by Gasteiger charge is -2.13. The molecule has 1 aromatic rings. The van der Waals surface area contributed by atoms with E-state index in [9.17, 15) is 14.9 Å². The summed E-state index contributed by atoms with van der Waals surface area (Å²) < 4.78 is 9.93. The molecule has 0 aromatic heterocycles. The van der Waals surface area contributed by atoms with Crippen molar-refractivity contribution in [2.45, 2.75) is 65.6 Å². The zero-order valence-corrected chi connectivity index (χ0v) is 14.7. The third-order valence-corrected chi connectivity index (χ3v) is 3.36. The molecule has 0 amide bonds. The van der Waals surface area contributed by atoms with Crippen LogP contribution in [0, 0.1) is 10.1 Å².